The van der Waals surface area contributed by atoms with E-state index in [1.165, 1.54) is 36.1 Å². The molecule has 0 heterocycles. The molecule has 5 heteroatoms. The monoisotopic (exact) mass is 371 g/mol. The second-order valence-corrected chi connectivity index (χ2v) is 6.75. The molecule has 1 aliphatic rings. The molecule has 1 unspecified atom stereocenters. The van der Waals surface area contributed by atoms with E-state index in [0.29, 0.717) is 25.3 Å². The molecule has 1 atom stereocenters. The summed E-state index contributed by atoms with van der Waals surface area (Å²) < 4.78 is 24.3. The van der Waals surface area contributed by atoms with Gasteiger partial charge in [-0.2, -0.15) is 0 Å². The summed E-state index contributed by atoms with van der Waals surface area (Å²) in [5.74, 6) is 0.863. The van der Waals surface area contributed by atoms with Crippen molar-refractivity contribution in [1.82, 2.24) is 5.32 Å². The van der Waals surface area contributed by atoms with Gasteiger partial charge in [-0.15, -0.1) is 0 Å². The Hall–Kier alpha value is -2.56. The van der Waals surface area contributed by atoms with E-state index in [1.54, 1.807) is 12.1 Å². The summed E-state index contributed by atoms with van der Waals surface area (Å²) in [6, 6.07) is 11.9. The fourth-order valence-electron chi connectivity index (χ4n) is 3.26. The predicted molar refractivity (Wildman–Crippen MR) is 103 cm³/mol. The largest absolute Gasteiger partial charge is 0.492 e. The maximum absolute atomic E-state index is 12.9. The van der Waals surface area contributed by atoms with Crippen LogP contribution < -0.4 is 14.8 Å². The second kappa shape index (κ2) is 9.40. The first-order valence-corrected chi connectivity index (χ1v) is 9.60. The molecule has 144 valence electrons. The van der Waals surface area contributed by atoms with Crippen molar-refractivity contribution >= 4 is 5.91 Å². The molecule has 4 nitrogen and oxygen atoms in total. The van der Waals surface area contributed by atoms with Crippen molar-refractivity contribution in [3.63, 3.8) is 0 Å². The molecule has 0 aromatic heterocycles. The van der Waals surface area contributed by atoms with E-state index in [4.69, 9.17) is 9.47 Å². The van der Waals surface area contributed by atoms with Gasteiger partial charge in [0, 0.05) is 0 Å². The van der Waals surface area contributed by atoms with Crippen LogP contribution in [-0.4, -0.2) is 25.2 Å². The van der Waals surface area contributed by atoms with E-state index in [1.807, 2.05) is 13.0 Å². The van der Waals surface area contributed by atoms with Gasteiger partial charge < -0.3 is 14.8 Å². The molecule has 1 N–H and O–H groups in total. The first kappa shape index (κ1) is 19.2. The normalized spacial score (nSPS) is 14.1. The van der Waals surface area contributed by atoms with Gasteiger partial charge in [-0.1, -0.05) is 13.0 Å². The Morgan fingerprint density at radius 2 is 1.78 bits per heavy atom. The van der Waals surface area contributed by atoms with E-state index in [2.05, 4.69) is 17.4 Å². The van der Waals surface area contributed by atoms with Gasteiger partial charge in [-0.05, 0) is 79.6 Å². The highest BCUT2D eigenvalue weighted by atomic mass is 19.1. The molecule has 27 heavy (non-hydrogen) atoms. The number of nitrogens with one attached hydrogen (secondary N) is 1. The average Bonchev–Trinajstić information content (AvgIpc) is 2.70. The van der Waals surface area contributed by atoms with Gasteiger partial charge in [0.05, 0.1) is 6.54 Å². The van der Waals surface area contributed by atoms with Crippen LogP contribution in [0.25, 0.3) is 0 Å². The minimum absolute atomic E-state index is 0.155. The van der Waals surface area contributed by atoms with Gasteiger partial charge in [0.2, 0.25) is 0 Å². The Balaban J connectivity index is 1.46. The summed E-state index contributed by atoms with van der Waals surface area (Å²) in [7, 11) is 0. The summed E-state index contributed by atoms with van der Waals surface area (Å²) in [5.41, 5.74) is 2.73. The second-order valence-electron chi connectivity index (χ2n) is 6.75. The highest BCUT2D eigenvalue weighted by Gasteiger charge is 2.19. The third-order valence-electron chi connectivity index (χ3n) is 4.75. The minimum Gasteiger partial charge on any atom is -0.492 e. The maximum Gasteiger partial charge on any atom is 0.261 e. The summed E-state index contributed by atoms with van der Waals surface area (Å²) in [5, 5.41) is 2.83. The predicted octanol–water partition coefficient (Wildman–Crippen LogP) is 4.06. The summed E-state index contributed by atoms with van der Waals surface area (Å²) in [6.07, 6.45) is 4.71. The number of carbonyl (C=O) groups is 1. The zero-order valence-corrected chi connectivity index (χ0v) is 15.7. The van der Waals surface area contributed by atoms with Crippen LogP contribution in [0.15, 0.2) is 42.5 Å². The quantitative estimate of drug-likeness (QED) is 0.712. The molecule has 3 rings (SSSR count). The highest BCUT2D eigenvalue weighted by Crippen LogP contribution is 2.26. The smallest absolute Gasteiger partial charge is 0.261 e. The first-order valence-electron chi connectivity index (χ1n) is 9.60. The van der Waals surface area contributed by atoms with Crippen LogP contribution >= 0.6 is 0 Å². The molecule has 0 spiro atoms. The standard InChI is InChI=1S/C22H26FNO3/c1-2-21(27-20-10-7-16-5-3-4-6-17(16)15-20)22(25)24-13-14-26-19-11-8-18(23)9-12-19/h7-12,15,21H,2-6,13-14H2,1H3,(H,24,25). The lowest BCUT2D eigenvalue weighted by atomic mass is 9.92. The van der Waals surface area contributed by atoms with Gasteiger partial charge in [0.25, 0.3) is 5.91 Å². The number of halogens is 1. The van der Waals surface area contributed by atoms with Crippen molar-refractivity contribution in [2.75, 3.05) is 13.2 Å². The number of ether oxygens (including phenoxy) is 2. The van der Waals surface area contributed by atoms with Crippen LogP contribution in [0.2, 0.25) is 0 Å². The molecular weight excluding hydrogens is 345 g/mol. The maximum atomic E-state index is 12.9. The highest BCUT2D eigenvalue weighted by molar-refractivity contribution is 5.81. The molecular formula is C22H26FNO3. The third-order valence-corrected chi connectivity index (χ3v) is 4.75. The lowest BCUT2D eigenvalue weighted by Gasteiger charge is -2.20. The van der Waals surface area contributed by atoms with Crippen LogP contribution in [0.1, 0.15) is 37.3 Å². The summed E-state index contributed by atoms with van der Waals surface area (Å²) >= 11 is 0. The van der Waals surface area contributed by atoms with Crippen molar-refractivity contribution in [1.29, 1.82) is 0 Å². The Labute approximate surface area is 159 Å². The Morgan fingerprint density at radius 3 is 2.52 bits per heavy atom. The Bertz CT molecular complexity index is 761. The molecule has 2 aromatic carbocycles. The number of amides is 1. The third kappa shape index (κ3) is 5.46. The number of rotatable bonds is 8. The minimum atomic E-state index is -0.530. The van der Waals surface area contributed by atoms with Crippen LogP contribution in [0, 0.1) is 5.82 Å². The molecule has 2 aromatic rings. The van der Waals surface area contributed by atoms with Gasteiger partial charge >= 0.3 is 0 Å². The zero-order valence-electron chi connectivity index (χ0n) is 15.7. The first-order chi connectivity index (χ1) is 13.2. The lowest BCUT2D eigenvalue weighted by molar-refractivity contribution is -0.128. The van der Waals surface area contributed by atoms with Gasteiger partial charge in [-0.25, -0.2) is 4.39 Å². The number of carbonyl (C=O) groups excluding carboxylic acids is 1. The van der Waals surface area contributed by atoms with Crippen molar-refractivity contribution < 1.29 is 18.7 Å². The van der Waals surface area contributed by atoms with E-state index < -0.39 is 6.10 Å². The van der Waals surface area contributed by atoms with Crippen molar-refractivity contribution in [2.45, 2.75) is 45.1 Å². The van der Waals surface area contributed by atoms with E-state index in [9.17, 15) is 9.18 Å². The van der Waals surface area contributed by atoms with Crippen LogP contribution in [0.4, 0.5) is 4.39 Å². The number of fused-ring (bicyclic) bond motifs is 1. The Morgan fingerprint density at radius 1 is 1.07 bits per heavy atom. The zero-order chi connectivity index (χ0) is 19.1. The number of hydrogen-bond acceptors (Lipinski definition) is 3. The number of aryl methyl sites for hydroxylation is 2. The summed E-state index contributed by atoms with van der Waals surface area (Å²) in [6.45, 7) is 2.60. The van der Waals surface area contributed by atoms with E-state index in [0.717, 1.165) is 18.6 Å². The molecule has 0 saturated heterocycles. The topological polar surface area (TPSA) is 47.6 Å². The van der Waals surface area contributed by atoms with Crippen LogP contribution in [0.3, 0.4) is 0 Å². The van der Waals surface area contributed by atoms with Crippen molar-refractivity contribution in [2.24, 2.45) is 0 Å². The van der Waals surface area contributed by atoms with Crippen molar-refractivity contribution in [3.8, 4) is 11.5 Å². The van der Waals surface area contributed by atoms with E-state index in [-0.39, 0.29) is 11.7 Å². The van der Waals surface area contributed by atoms with Gasteiger partial charge in [-0.3, -0.25) is 4.79 Å². The SMILES string of the molecule is CCC(Oc1ccc2c(c1)CCCC2)C(=O)NCCOc1ccc(F)cc1. The number of hydrogen-bond donors (Lipinski definition) is 1. The Kier molecular flexibility index (Phi) is 6.69. The molecule has 0 saturated carbocycles. The molecule has 0 fully saturated rings. The molecule has 1 amide bonds. The van der Waals surface area contributed by atoms with Crippen molar-refractivity contribution in [3.05, 3.63) is 59.4 Å². The lowest BCUT2D eigenvalue weighted by Crippen LogP contribution is -2.39. The molecule has 0 bridgehead atoms. The average molecular weight is 371 g/mol. The van der Waals surface area contributed by atoms with Gasteiger partial charge in [0.15, 0.2) is 6.10 Å². The fourth-order valence-corrected chi connectivity index (χ4v) is 3.26. The number of benzene rings is 2. The van der Waals surface area contributed by atoms with E-state index >= 15 is 0 Å². The summed E-state index contributed by atoms with van der Waals surface area (Å²) in [4.78, 5) is 12.4. The molecule has 1 aliphatic carbocycles. The molecule has 0 aliphatic heterocycles. The van der Waals surface area contributed by atoms with Crippen LogP contribution in [-0.2, 0) is 17.6 Å². The molecule has 0 radical (unpaired) electrons. The van der Waals surface area contributed by atoms with Crippen LogP contribution in [0.5, 0.6) is 11.5 Å². The fraction of sp³-hybridized carbons (Fsp3) is 0.409. The van der Waals surface area contributed by atoms with Gasteiger partial charge in [0.1, 0.15) is 23.9 Å².